The lowest BCUT2D eigenvalue weighted by Gasteiger charge is -2.12. The van der Waals surface area contributed by atoms with Crippen LogP contribution < -0.4 is 15.4 Å². The first-order chi connectivity index (χ1) is 11.8. The number of sulfonamides is 1. The van der Waals surface area contributed by atoms with Gasteiger partial charge >= 0.3 is 6.03 Å². The van der Waals surface area contributed by atoms with Crippen molar-refractivity contribution in [2.45, 2.75) is 27.3 Å². The molecular weight excluding hydrogens is 338 g/mol. The van der Waals surface area contributed by atoms with E-state index in [1.165, 1.54) is 0 Å². The van der Waals surface area contributed by atoms with Gasteiger partial charge in [0.25, 0.3) is 0 Å². The molecule has 25 heavy (non-hydrogen) atoms. The molecule has 0 fully saturated rings. The Morgan fingerprint density at radius 2 is 1.76 bits per heavy atom. The minimum absolute atomic E-state index is 0.00769. The highest BCUT2D eigenvalue weighted by atomic mass is 32.2. The number of nitrogens with one attached hydrogen (secondary N) is 3. The second-order valence-corrected chi connectivity index (χ2v) is 7.78. The normalized spacial score (nSPS) is 11.0. The van der Waals surface area contributed by atoms with Gasteiger partial charge in [0.1, 0.15) is 0 Å². The van der Waals surface area contributed by atoms with E-state index in [4.69, 9.17) is 0 Å². The Morgan fingerprint density at radius 3 is 2.40 bits per heavy atom. The van der Waals surface area contributed by atoms with Crippen LogP contribution in [-0.4, -0.2) is 20.2 Å². The highest BCUT2D eigenvalue weighted by Gasteiger charge is 2.10. The van der Waals surface area contributed by atoms with Crippen LogP contribution in [0.25, 0.3) is 0 Å². The number of carbonyl (C=O) groups excluding carboxylic acids is 1. The summed E-state index contributed by atoms with van der Waals surface area (Å²) in [5.41, 5.74) is 4.00. The fourth-order valence-electron chi connectivity index (χ4n) is 2.25. The summed E-state index contributed by atoms with van der Waals surface area (Å²) in [4.78, 5) is 12.0. The fraction of sp³-hybridized carbons (Fsp3) is 0.278. The number of hydrogen-bond acceptors (Lipinski definition) is 3. The monoisotopic (exact) mass is 361 g/mol. The number of amides is 2. The molecule has 3 N–H and O–H groups in total. The molecule has 0 aliphatic rings. The smallest absolute Gasteiger partial charge is 0.319 e. The SMILES string of the molecule is CCS(=O)(=O)Nc1ccc(NC(=O)NCc2ccccc2C)cc1C. The minimum atomic E-state index is -3.32. The lowest BCUT2D eigenvalue weighted by molar-refractivity contribution is 0.251. The van der Waals surface area contributed by atoms with Crippen molar-refractivity contribution in [1.82, 2.24) is 5.32 Å². The van der Waals surface area contributed by atoms with Gasteiger partial charge in [0.2, 0.25) is 10.0 Å². The van der Waals surface area contributed by atoms with Crippen LogP contribution in [-0.2, 0) is 16.6 Å². The van der Waals surface area contributed by atoms with Crippen molar-refractivity contribution in [2.75, 3.05) is 15.8 Å². The molecule has 0 aliphatic carbocycles. The number of rotatable bonds is 6. The quantitative estimate of drug-likeness (QED) is 0.737. The van der Waals surface area contributed by atoms with E-state index in [2.05, 4.69) is 15.4 Å². The van der Waals surface area contributed by atoms with Crippen LogP contribution >= 0.6 is 0 Å². The van der Waals surface area contributed by atoms with Gasteiger partial charge in [-0.05, 0) is 55.7 Å². The van der Waals surface area contributed by atoms with Gasteiger partial charge in [0, 0.05) is 12.2 Å². The molecule has 0 atom stereocenters. The van der Waals surface area contributed by atoms with E-state index < -0.39 is 10.0 Å². The zero-order chi connectivity index (χ0) is 18.4. The van der Waals surface area contributed by atoms with E-state index in [1.807, 2.05) is 31.2 Å². The summed E-state index contributed by atoms with van der Waals surface area (Å²) in [5.74, 6) is 0.00769. The van der Waals surface area contributed by atoms with Crippen LogP contribution in [0.3, 0.4) is 0 Å². The zero-order valence-electron chi connectivity index (χ0n) is 14.6. The highest BCUT2D eigenvalue weighted by Crippen LogP contribution is 2.21. The molecule has 2 aromatic rings. The van der Waals surface area contributed by atoms with Crippen molar-refractivity contribution in [2.24, 2.45) is 0 Å². The molecule has 0 aromatic heterocycles. The van der Waals surface area contributed by atoms with E-state index in [-0.39, 0.29) is 11.8 Å². The van der Waals surface area contributed by atoms with Gasteiger partial charge in [0.05, 0.1) is 11.4 Å². The molecule has 0 spiro atoms. The summed E-state index contributed by atoms with van der Waals surface area (Å²) in [6.45, 7) is 5.79. The van der Waals surface area contributed by atoms with Crippen molar-refractivity contribution < 1.29 is 13.2 Å². The molecule has 2 amide bonds. The van der Waals surface area contributed by atoms with Crippen molar-refractivity contribution in [3.63, 3.8) is 0 Å². The molecule has 0 saturated heterocycles. The molecule has 0 aliphatic heterocycles. The second kappa shape index (κ2) is 8.02. The van der Waals surface area contributed by atoms with Gasteiger partial charge < -0.3 is 10.6 Å². The third kappa shape index (κ3) is 5.49. The maximum absolute atomic E-state index is 12.0. The Hall–Kier alpha value is -2.54. The number of carbonyl (C=O) groups is 1. The van der Waals surface area contributed by atoms with Crippen molar-refractivity contribution in [3.8, 4) is 0 Å². The Kier molecular flexibility index (Phi) is 6.03. The molecule has 7 heteroatoms. The molecular formula is C18H23N3O3S. The van der Waals surface area contributed by atoms with E-state index in [0.29, 0.717) is 17.9 Å². The van der Waals surface area contributed by atoms with Crippen molar-refractivity contribution in [3.05, 3.63) is 59.2 Å². The molecule has 0 radical (unpaired) electrons. The predicted octanol–water partition coefficient (Wildman–Crippen LogP) is 3.39. The first kappa shape index (κ1) is 18.8. The second-order valence-electron chi connectivity index (χ2n) is 5.77. The molecule has 0 unspecified atom stereocenters. The molecule has 0 bridgehead atoms. The number of benzene rings is 2. The Morgan fingerprint density at radius 1 is 1.04 bits per heavy atom. The summed E-state index contributed by atoms with van der Waals surface area (Å²) < 4.78 is 25.8. The molecule has 134 valence electrons. The standard InChI is InChI=1S/C18H23N3O3S/c1-4-25(23,24)21-17-10-9-16(11-14(17)3)20-18(22)19-12-15-8-6-5-7-13(15)2/h5-11,21H,4,12H2,1-3H3,(H2,19,20,22). The molecule has 2 rings (SSSR count). The Bertz CT molecular complexity index is 864. The van der Waals surface area contributed by atoms with Gasteiger partial charge in [-0.25, -0.2) is 13.2 Å². The summed E-state index contributed by atoms with van der Waals surface area (Å²) >= 11 is 0. The lowest BCUT2D eigenvalue weighted by Crippen LogP contribution is -2.28. The van der Waals surface area contributed by atoms with Gasteiger partial charge in [-0.15, -0.1) is 0 Å². The first-order valence-corrected chi connectivity index (χ1v) is 9.66. The van der Waals surface area contributed by atoms with E-state index in [9.17, 15) is 13.2 Å². The van der Waals surface area contributed by atoms with Crippen LogP contribution in [0.5, 0.6) is 0 Å². The fourth-order valence-corrected chi connectivity index (χ4v) is 2.96. The average molecular weight is 361 g/mol. The van der Waals surface area contributed by atoms with Crippen LogP contribution in [0, 0.1) is 13.8 Å². The first-order valence-electron chi connectivity index (χ1n) is 8.01. The van der Waals surface area contributed by atoms with Crippen molar-refractivity contribution >= 4 is 27.4 Å². The number of urea groups is 1. The zero-order valence-corrected chi connectivity index (χ0v) is 15.4. The average Bonchev–Trinajstić information content (AvgIpc) is 2.56. The molecule has 0 heterocycles. The van der Waals surface area contributed by atoms with E-state index in [1.54, 1.807) is 32.0 Å². The van der Waals surface area contributed by atoms with Gasteiger partial charge in [-0.1, -0.05) is 24.3 Å². The lowest BCUT2D eigenvalue weighted by atomic mass is 10.1. The molecule has 2 aromatic carbocycles. The minimum Gasteiger partial charge on any atom is -0.334 e. The topological polar surface area (TPSA) is 87.3 Å². The van der Waals surface area contributed by atoms with Gasteiger partial charge in [-0.3, -0.25) is 4.72 Å². The maximum Gasteiger partial charge on any atom is 0.319 e. The van der Waals surface area contributed by atoms with Gasteiger partial charge in [0.15, 0.2) is 0 Å². The maximum atomic E-state index is 12.0. The summed E-state index contributed by atoms with van der Waals surface area (Å²) in [6.07, 6.45) is 0. The predicted molar refractivity (Wildman–Crippen MR) is 101 cm³/mol. The number of anilines is 2. The molecule has 6 nitrogen and oxygen atoms in total. The summed E-state index contributed by atoms with van der Waals surface area (Å²) in [6, 6.07) is 12.6. The van der Waals surface area contributed by atoms with E-state index in [0.717, 1.165) is 16.7 Å². The van der Waals surface area contributed by atoms with Crippen LogP contribution in [0.15, 0.2) is 42.5 Å². The molecule has 0 saturated carbocycles. The number of aryl methyl sites for hydroxylation is 2. The van der Waals surface area contributed by atoms with E-state index >= 15 is 0 Å². The van der Waals surface area contributed by atoms with Crippen LogP contribution in [0.4, 0.5) is 16.2 Å². The summed E-state index contributed by atoms with van der Waals surface area (Å²) in [5, 5.41) is 5.56. The van der Waals surface area contributed by atoms with Crippen molar-refractivity contribution in [1.29, 1.82) is 0 Å². The van der Waals surface area contributed by atoms with Crippen LogP contribution in [0.1, 0.15) is 23.6 Å². The number of hydrogen-bond donors (Lipinski definition) is 3. The third-order valence-corrected chi connectivity index (χ3v) is 5.12. The Labute approximate surface area is 148 Å². The third-order valence-electron chi connectivity index (χ3n) is 3.83. The summed E-state index contributed by atoms with van der Waals surface area (Å²) in [7, 11) is -3.32. The van der Waals surface area contributed by atoms with Gasteiger partial charge in [-0.2, -0.15) is 0 Å². The largest absolute Gasteiger partial charge is 0.334 e. The Balaban J connectivity index is 1.97. The van der Waals surface area contributed by atoms with Crippen LogP contribution in [0.2, 0.25) is 0 Å². The highest BCUT2D eigenvalue weighted by molar-refractivity contribution is 7.92.